The molecular weight excluding hydrogens is 382 g/mol. The summed E-state index contributed by atoms with van der Waals surface area (Å²) < 4.78 is 1.75. The Balaban J connectivity index is 1.38. The molecule has 29 heavy (non-hydrogen) atoms. The summed E-state index contributed by atoms with van der Waals surface area (Å²) in [5.74, 6) is 0.859. The minimum Gasteiger partial charge on any atom is -0.325 e. The van der Waals surface area contributed by atoms with Gasteiger partial charge in [0.05, 0.1) is 5.41 Å². The minimum atomic E-state index is -0.426. The Labute approximate surface area is 172 Å². The Morgan fingerprint density at radius 3 is 2.45 bits per heavy atom. The summed E-state index contributed by atoms with van der Waals surface area (Å²) in [7, 11) is 0. The zero-order chi connectivity index (χ0) is 19.8. The van der Waals surface area contributed by atoms with E-state index in [1.165, 1.54) is 11.3 Å². The molecule has 1 aliphatic rings. The van der Waals surface area contributed by atoms with E-state index < -0.39 is 5.41 Å². The third-order valence-electron chi connectivity index (χ3n) is 5.75. The van der Waals surface area contributed by atoms with Crippen LogP contribution in [0.2, 0.25) is 0 Å². The molecule has 1 fully saturated rings. The third kappa shape index (κ3) is 3.11. The maximum absolute atomic E-state index is 13.3. The molecule has 0 atom stereocenters. The van der Waals surface area contributed by atoms with Crippen molar-refractivity contribution in [3.63, 3.8) is 0 Å². The highest BCUT2D eigenvalue weighted by Gasteiger charge is 2.42. The van der Waals surface area contributed by atoms with Crippen molar-refractivity contribution in [2.45, 2.75) is 38.0 Å². The van der Waals surface area contributed by atoms with Gasteiger partial charge in [-0.15, -0.1) is 10.2 Å². The van der Waals surface area contributed by atoms with Gasteiger partial charge in [-0.3, -0.25) is 4.79 Å². The van der Waals surface area contributed by atoms with Gasteiger partial charge in [0, 0.05) is 11.3 Å². The second-order valence-corrected chi connectivity index (χ2v) is 8.49. The van der Waals surface area contributed by atoms with E-state index in [2.05, 4.69) is 32.7 Å². The number of aryl methyl sites for hydroxylation is 1. The van der Waals surface area contributed by atoms with Crippen LogP contribution < -0.4 is 5.32 Å². The molecule has 4 aromatic rings. The summed E-state index contributed by atoms with van der Waals surface area (Å²) in [6, 6.07) is 18.0. The Bertz CT molecular complexity index is 1160. The molecule has 0 bridgehead atoms. The second kappa shape index (κ2) is 7.08. The summed E-state index contributed by atoms with van der Waals surface area (Å²) in [4.78, 5) is 14.1. The van der Waals surface area contributed by atoms with E-state index >= 15 is 0 Å². The van der Waals surface area contributed by atoms with E-state index in [4.69, 9.17) is 0 Å². The first-order valence-corrected chi connectivity index (χ1v) is 10.6. The van der Waals surface area contributed by atoms with Gasteiger partial charge in [-0.05, 0) is 49.6 Å². The number of carbonyl (C=O) groups excluding carboxylic acids is 1. The number of hydrogen-bond donors (Lipinski definition) is 1. The summed E-state index contributed by atoms with van der Waals surface area (Å²) in [5.41, 5.74) is 2.49. The van der Waals surface area contributed by atoms with Crippen molar-refractivity contribution >= 4 is 27.9 Å². The summed E-state index contributed by atoms with van der Waals surface area (Å²) in [5, 5.41) is 16.7. The Morgan fingerprint density at radius 2 is 1.76 bits per heavy atom. The first-order chi connectivity index (χ1) is 14.2. The lowest BCUT2D eigenvalue weighted by Gasteiger charge is -2.28. The number of carbonyl (C=O) groups is 1. The molecule has 0 spiro atoms. The van der Waals surface area contributed by atoms with E-state index in [1.807, 2.05) is 49.4 Å². The number of nitrogens with zero attached hydrogens (tertiary/aromatic N) is 4. The molecule has 6 nitrogen and oxygen atoms in total. The Kier molecular flexibility index (Phi) is 4.39. The molecule has 146 valence electrons. The summed E-state index contributed by atoms with van der Waals surface area (Å²) >= 11 is 1.50. The van der Waals surface area contributed by atoms with E-state index in [9.17, 15) is 4.79 Å². The van der Waals surface area contributed by atoms with Crippen molar-refractivity contribution in [2.75, 3.05) is 5.32 Å². The predicted octanol–water partition coefficient (Wildman–Crippen LogP) is 4.61. The number of hydrogen-bond acceptors (Lipinski definition) is 5. The van der Waals surface area contributed by atoms with Crippen LogP contribution in [-0.4, -0.2) is 25.7 Å². The molecule has 5 rings (SSSR count). The van der Waals surface area contributed by atoms with E-state index in [0.717, 1.165) is 58.3 Å². The van der Waals surface area contributed by atoms with Crippen LogP contribution in [0.25, 0.3) is 15.5 Å². The fourth-order valence-electron chi connectivity index (χ4n) is 4.16. The number of benzene rings is 2. The average Bonchev–Trinajstić information content (AvgIpc) is 3.48. The lowest BCUT2D eigenvalue weighted by Crippen LogP contribution is -2.37. The monoisotopic (exact) mass is 403 g/mol. The summed E-state index contributed by atoms with van der Waals surface area (Å²) in [6.07, 6.45) is 3.96. The topological polar surface area (TPSA) is 72.2 Å². The molecule has 1 aliphatic carbocycles. The van der Waals surface area contributed by atoms with Gasteiger partial charge < -0.3 is 5.32 Å². The zero-order valence-electron chi connectivity index (χ0n) is 16.1. The van der Waals surface area contributed by atoms with Gasteiger partial charge in [-0.25, -0.2) is 0 Å². The number of amides is 1. The maximum Gasteiger partial charge on any atom is 0.235 e. The molecule has 1 N–H and O–H groups in total. The number of rotatable bonds is 4. The molecule has 2 aromatic carbocycles. The Morgan fingerprint density at radius 1 is 1.03 bits per heavy atom. The van der Waals surface area contributed by atoms with Crippen molar-refractivity contribution in [2.24, 2.45) is 0 Å². The number of anilines is 1. The highest BCUT2D eigenvalue weighted by atomic mass is 32.1. The molecule has 0 saturated heterocycles. The second-order valence-electron chi connectivity index (χ2n) is 7.54. The van der Waals surface area contributed by atoms with Gasteiger partial charge in [0.25, 0.3) is 0 Å². The Hall–Kier alpha value is -3.06. The number of fused-ring (bicyclic) bond motifs is 1. The van der Waals surface area contributed by atoms with Crippen LogP contribution in [0.3, 0.4) is 0 Å². The van der Waals surface area contributed by atoms with Crippen LogP contribution in [0.15, 0.2) is 54.6 Å². The molecule has 1 amide bonds. The first-order valence-electron chi connectivity index (χ1n) is 9.82. The van der Waals surface area contributed by atoms with Crippen LogP contribution in [0.4, 0.5) is 5.69 Å². The predicted molar refractivity (Wildman–Crippen MR) is 114 cm³/mol. The van der Waals surface area contributed by atoms with Crippen LogP contribution in [0.5, 0.6) is 0 Å². The highest BCUT2D eigenvalue weighted by molar-refractivity contribution is 7.19. The minimum absolute atomic E-state index is 0.0865. The molecule has 2 heterocycles. The molecule has 0 radical (unpaired) electrons. The zero-order valence-corrected chi connectivity index (χ0v) is 16.9. The van der Waals surface area contributed by atoms with Gasteiger partial charge in [-0.2, -0.15) is 9.61 Å². The molecule has 0 unspecified atom stereocenters. The molecular formula is C22H21N5OS. The first kappa shape index (κ1) is 18.0. The van der Waals surface area contributed by atoms with Crippen LogP contribution in [-0.2, 0) is 10.2 Å². The molecule has 0 aliphatic heterocycles. The van der Waals surface area contributed by atoms with Crippen LogP contribution in [0, 0.1) is 6.92 Å². The highest BCUT2D eigenvalue weighted by Crippen LogP contribution is 2.42. The van der Waals surface area contributed by atoms with Gasteiger partial charge in [0.15, 0.2) is 5.82 Å². The van der Waals surface area contributed by atoms with E-state index in [1.54, 1.807) is 4.52 Å². The normalized spacial score (nSPS) is 15.6. The van der Waals surface area contributed by atoms with Gasteiger partial charge in [-0.1, -0.05) is 54.5 Å². The maximum atomic E-state index is 13.3. The summed E-state index contributed by atoms with van der Waals surface area (Å²) in [6.45, 7) is 1.88. The van der Waals surface area contributed by atoms with E-state index in [-0.39, 0.29) is 5.91 Å². The van der Waals surface area contributed by atoms with Crippen molar-refractivity contribution in [1.82, 2.24) is 19.8 Å². The van der Waals surface area contributed by atoms with Gasteiger partial charge >= 0.3 is 0 Å². The van der Waals surface area contributed by atoms with Gasteiger partial charge in [0.1, 0.15) is 5.01 Å². The molecule has 2 aromatic heterocycles. The fraction of sp³-hybridized carbons (Fsp3) is 0.273. The lowest BCUT2D eigenvalue weighted by atomic mass is 9.78. The van der Waals surface area contributed by atoms with Crippen molar-refractivity contribution in [3.05, 3.63) is 66.0 Å². The fourth-order valence-corrected chi connectivity index (χ4v) is 5.05. The molecule has 7 heteroatoms. The van der Waals surface area contributed by atoms with Crippen LogP contribution in [0.1, 0.15) is 37.1 Å². The number of aromatic nitrogens is 4. The quantitative estimate of drug-likeness (QED) is 0.540. The largest absolute Gasteiger partial charge is 0.325 e. The lowest BCUT2D eigenvalue weighted by molar-refractivity contribution is -0.121. The van der Waals surface area contributed by atoms with Crippen molar-refractivity contribution < 1.29 is 4.79 Å². The van der Waals surface area contributed by atoms with Crippen LogP contribution >= 0.6 is 11.3 Å². The smallest absolute Gasteiger partial charge is 0.235 e. The average molecular weight is 404 g/mol. The standard InChI is InChI=1S/C22H21N5OS/c1-15-24-25-21-27(15)26-19(29-21)16-9-11-18(12-10-16)23-20(28)22(13-5-6-14-22)17-7-3-2-4-8-17/h2-4,7-12H,5-6,13-14H2,1H3,(H,23,28). The van der Waals surface area contributed by atoms with E-state index in [0.29, 0.717) is 0 Å². The van der Waals surface area contributed by atoms with Crippen molar-refractivity contribution in [3.8, 4) is 10.6 Å². The molecule has 1 saturated carbocycles. The SMILES string of the molecule is Cc1nnc2sc(-c3ccc(NC(=O)C4(c5ccccc5)CCCC4)cc3)nn12. The third-order valence-corrected chi connectivity index (χ3v) is 6.70. The number of nitrogens with one attached hydrogen (secondary N) is 1. The van der Waals surface area contributed by atoms with Crippen molar-refractivity contribution in [1.29, 1.82) is 0 Å². The van der Waals surface area contributed by atoms with Gasteiger partial charge in [0.2, 0.25) is 10.9 Å².